The molecule has 10 heteroatoms. The van der Waals surface area contributed by atoms with Crippen molar-refractivity contribution in [3.8, 4) is 0 Å². The molecule has 0 unspecified atom stereocenters. The van der Waals surface area contributed by atoms with Gasteiger partial charge in [0.25, 0.3) is 0 Å². The Balaban J connectivity index is 1.84. The van der Waals surface area contributed by atoms with Crippen molar-refractivity contribution in [3.05, 3.63) is 24.2 Å². The molecule has 2 aromatic rings. The number of thiazole rings is 1. The van der Waals surface area contributed by atoms with Crippen LogP contribution in [0.3, 0.4) is 0 Å². The van der Waals surface area contributed by atoms with E-state index in [4.69, 9.17) is 5.14 Å². The molecule has 2 aromatic heterocycles. The third-order valence-corrected chi connectivity index (χ3v) is 6.32. The fourth-order valence-electron chi connectivity index (χ4n) is 2.75. The minimum atomic E-state index is -3.73. The lowest BCUT2D eigenvalue weighted by Gasteiger charge is -2.13. The van der Waals surface area contributed by atoms with E-state index < -0.39 is 10.0 Å². The molecule has 1 aliphatic rings. The second-order valence-corrected chi connectivity index (χ2v) is 8.21. The van der Waals surface area contributed by atoms with Gasteiger partial charge in [-0.1, -0.05) is 11.3 Å². The van der Waals surface area contributed by atoms with Crippen LogP contribution in [0.2, 0.25) is 0 Å². The zero-order valence-corrected chi connectivity index (χ0v) is 13.6. The summed E-state index contributed by atoms with van der Waals surface area (Å²) in [5.74, 6) is 0.201. The Bertz CT molecular complexity index is 769. The molecule has 0 spiro atoms. The van der Waals surface area contributed by atoms with Crippen molar-refractivity contribution in [2.75, 3.05) is 24.6 Å². The van der Waals surface area contributed by atoms with Crippen LogP contribution < -0.4 is 10.0 Å². The molecule has 120 valence electrons. The highest BCUT2D eigenvalue weighted by molar-refractivity contribution is 7.91. The summed E-state index contributed by atoms with van der Waals surface area (Å²) in [6, 6.07) is 0. The molecule has 3 heterocycles. The van der Waals surface area contributed by atoms with Crippen molar-refractivity contribution in [2.24, 2.45) is 18.1 Å². The van der Waals surface area contributed by atoms with E-state index in [0.717, 1.165) is 16.9 Å². The maximum atomic E-state index is 11.3. The minimum Gasteiger partial charge on any atom is -0.396 e. The molecule has 8 nitrogen and oxygen atoms in total. The highest BCUT2D eigenvalue weighted by Gasteiger charge is 2.35. The van der Waals surface area contributed by atoms with Gasteiger partial charge in [0.1, 0.15) is 0 Å². The number of rotatable bonds is 4. The molecule has 0 radical (unpaired) electrons. The van der Waals surface area contributed by atoms with Crippen LogP contribution in [0.25, 0.3) is 0 Å². The molecule has 2 atom stereocenters. The van der Waals surface area contributed by atoms with Gasteiger partial charge in [-0.3, -0.25) is 4.68 Å². The molecule has 3 rings (SSSR count). The number of hydrogen-bond donors (Lipinski definition) is 2. The second-order valence-electron chi connectivity index (χ2n) is 5.41. The first-order valence-corrected chi connectivity index (χ1v) is 9.07. The number of hydrogen-bond acceptors (Lipinski definition) is 7. The molecule has 0 bridgehead atoms. The first-order chi connectivity index (χ1) is 10.4. The van der Waals surface area contributed by atoms with E-state index in [1.165, 1.54) is 6.20 Å². The number of aliphatic hydroxyl groups excluding tert-OH is 1. The Morgan fingerprint density at radius 3 is 2.77 bits per heavy atom. The smallest absolute Gasteiger partial charge is 0.249 e. The molecule has 0 aromatic carbocycles. The molecule has 1 aliphatic heterocycles. The summed E-state index contributed by atoms with van der Waals surface area (Å²) in [5.41, 5.74) is 1.06. The van der Waals surface area contributed by atoms with Gasteiger partial charge >= 0.3 is 0 Å². The van der Waals surface area contributed by atoms with E-state index in [2.05, 4.69) is 10.1 Å². The van der Waals surface area contributed by atoms with Crippen LogP contribution in [-0.2, 0) is 17.1 Å². The predicted octanol–water partition coefficient (Wildman–Crippen LogP) is -0.264. The van der Waals surface area contributed by atoms with Gasteiger partial charge in [-0.05, 0) is 5.56 Å². The summed E-state index contributed by atoms with van der Waals surface area (Å²) in [6.07, 6.45) is 5.02. The lowest BCUT2D eigenvalue weighted by molar-refractivity contribution is 0.227. The SMILES string of the molecule is Cn1cc([C@@H]2CN(c3ncc(S(N)(=O)=O)s3)C[C@H]2CO)cn1. The number of aryl methyl sites for hydroxylation is 1. The standard InChI is InChI=1S/C12H17N5O3S2/c1-16-4-8(2-15-16)10-6-17(5-9(10)7-18)12-14-3-11(21-12)22(13,19)20/h2-4,9-10,18H,5-7H2,1H3,(H2,13,19,20)/t9-,10-/m0/s1. The molecule has 1 saturated heterocycles. The van der Waals surface area contributed by atoms with Gasteiger partial charge in [0.15, 0.2) is 9.34 Å². The molecule has 22 heavy (non-hydrogen) atoms. The Hall–Kier alpha value is -1.49. The lowest BCUT2D eigenvalue weighted by atomic mass is 9.92. The second kappa shape index (κ2) is 5.61. The van der Waals surface area contributed by atoms with Crippen LogP contribution in [0.15, 0.2) is 22.8 Å². The molecule has 0 aliphatic carbocycles. The van der Waals surface area contributed by atoms with E-state index in [9.17, 15) is 13.5 Å². The third-order valence-electron chi connectivity index (χ3n) is 3.85. The average molecular weight is 343 g/mol. The maximum absolute atomic E-state index is 11.3. The number of primary sulfonamides is 1. The molecule has 0 amide bonds. The lowest BCUT2D eigenvalue weighted by Crippen LogP contribution is -2.20. The molecular weight excluding hydrogens is 326 g/mol. The van der Waals surface area contributed by atoms with Gasteiger partial charge in [-0.2, -0.15) is 5.10 Å². The van der Waals surface area contributed by atoms with Crippen molar-refractivity contribution in [3.63, 3.8) is 0 Å². The topological polar surface area (TPSA) is 114 Å². The molecule has 3 N–H and O–H groups in total. The first kappa shape index (κ1) is 15.4. The average Bonchev–Trinajstić information content (AvgIpc) is 3.15. The quantitative estimate of drug-likeness (QED) is 0.790. The van der Waals surface area contributed by atoms with Gasteiger partial charge in [0, 0.05) is 44.8 Å². The summed E-state index contributed by atoms with van der Waals surface area (Å²) >= 11 is 1.05. The third kappa shape index (κ3) is 2.86. The van der Waals surface area contributed by atoms with E-state index in [1.807, 2.05) is 18.1 Å². The van der Waals surface area contributed by atoms with Gasteiger partial charge in [0.2, 0.25) is 10.0 Å². The monoisotopic (exact) mass is 343 g/mol. The van der Waals surface area contributed by atoms with Crippen LogP contribution in [0.5, 0.6) is 0 Å². The van der Waals surface area contributed by atoms with Gasteiger partial charge in [-0.15, -0.1) is 0 Å². The van der Waals surface area contributed by atoms with Crippen molar-refractivity contribution in [2.45, 2.75) is 10.1 Å². The summed E-state index contributed by atoms with van der Waals surface area (Å²) < 4.78 is 24.5. The van der Waals surface area contributed by atoms with Gasteiger partial charge < -0.3 is 10.0 Å². The fourth-order valence-corrected chi connectivity index (χ4v) is 4.31. The normalized spacial score (nSPS) is 22.4. The zero-order chi connectivity index (χ0) is 15.9. The Kier molecular flexibility index (Phi) is 3.93. The van der Waals surface area contributed by atoms with Gasteiger partial charge in [-0.25, -0.2) is 18.5 Å². The highest BCUT2D eigenvalue weighted by atomic mass is 32.2. The molecular formula is C12H17N5O3S2. The number of aromatic nitrogens is 3. The maximum Gasteiger partial charge on any atom is 0.249 e. The highest BCUT2D eigenvalue weighted by Crippen LogP contribution is 2.36. The predicted molar refractivity (Wildman–Crippen MR) is 82.2 cm³/mol. The van der Waals surface area contributed by atoms with E-state index >= 15 is 0 Å². The van der Waals surface area contributed by atoms with Gasteiger partial charge in [0.05, 0.1) is 12.4 Å². The largest absolute Gasteiger partial charge is 0.396 e. The molecule has 1 fully saturated rings. The molecule has 0 saturated carbocycles. The summed E-state index contributed by atoms with van der Waals surface area (Å²) in [6.45, 7) is 1.34. The van der Waals surface area contributed by atoms with E-state index in [-0.39, 0.29) is 22.7 Å². The number of sulfonamides is 1. The van der Waals surface area contributed by atoms with Crippen molar-refractivity contribution in [1.29, 1.82) is 0 Å². The number of nitrogens with zero attached hydrogens (tertiary/aromatic N) is 4. The van der Waals surface area contributed by atoms with Crippen LogP contribution in [0, 0.1) is 5.92 Å². The zero-order valence-electron chi connectivity index (χ0n) is 12.0. The van der Waals surface area contributed by atoms with Crippen LogP contribution >= 0.6 is 11.3 Å². The Labute approximate surface area is 132 Å². The fraction of sp³-hybridized carbons (Fsp3) is 0.500. The summed E-state index contributed by atoms with van der Waals surface area (Å²) in [4.78, 5) is 6.13. The number of nitrogens with two attached hydrogens (primary N) is 1. The van der Waals surface area contributed by atoms with Crippen LogP contribution in [0.4, 0.5) is 5.13 Å². The Morgan fingerprint density at radius 2 is 2.23 bits per heavy atom. The van der Waals surface area contributed by atoms with Crippen molar-refractivity contribution >= 4 is 26.5 Å². The first-order valence-electron chi connectivity index (χ1n) is 6.71. The van der Waals surface area contributed by atoms with E-state index in [1.54, 1.807) is 10.9 Å². The minimum absolute atomic E-state index is 0.0490. The summed E-state index contributed by atoms with van der Waals surface area (Å²) in [5, 5.41) is 19.5. The van der Waals surface area contributed by atoms with E-state index in [0.29, 0.717) is 18.2 Å². The van der Waals surface area contributed by atoms with Crippen LogP contribution in [0.1, 0.15) is 11.5 Å². The van der Waals surface area contributed by atoms with Crippen molar-refractivity contribution in [1.82, 2.24) is 14.8 Å². The number of anilines is 1. The Morgan fingerprint density at radius 1 is 1.45 bits per heavy atom. The van der Waals surface area contributed by atoms with Crippen molar-refractivity contribution < 1.29 is 13.5 Å². The van der Waals surface area contributed by atoms with Crippen LogP contribution in [-0.4, -0.2) is 48.0 Å². The number of aliphatic hydroxyl groups is 1. The summed E-state index contributed by atoms with van der Waals surface area (Å²) in [7, 11) is -1.88.